The minimum atomic E-state index is 1.11. The van der Waals surface area contributed by atoms with E-state index in [-0.39, 0.29) is 0 Å². The predicted octanol–water partition coefficient (Wildman–Crippen LogP) is 12.2. The molecule has 0 bridgehead atoms. The maximum atomic E-state index is 2.39. The fraction of sp³-hybridized carbons (Fsp3) is 0.122. The highest BCUT2D eigenvalue weighted by atomic mass is 15.2. The summed E-state index contributed by atoms with van der Waals surface area (Å²) >= 11 is 0. The molecule has 214 valence electrons. The second kappa shape index (κ2) is 13.7. The number of nitrogens with zero attached hydrogens (tertiary/aromatic N) is 2. The monoisotopic (exact) mass is 560 g/mol. The molecule has 0 atom stereocenters. The second-order valence-electron chi connectivity index (χ2n) is 10.4. The van der Waals surface area contributed by atoms with E-state index in [2.05, 4.69) is 182 Å². The Hall–Kier alpha value is -5.08. The molecule has 0 aliphatic carbocycles. The predicted molar refractivity (Wildman–Crippen MR) is 187 cm³/mol. The van der Waals surface area contributed by atoms with Crippen molar-refractivity contribution in [2.75, 3.05) is 9.80 Å². The van der Waals surface area contributed by atoms with Gasteiger partial charge in [0.25, 0.3) is 0 Å². The van der Waals surface area contributed by atoms with E-state index in [1.54, 1.807) is 0 Å². The Labute approximate surface area is 257 Å². The summed E-state index contributed by atoms with van der Waals surface area (Å²) in [5.41, 5.74) is 13.0. The number of benzene rings is 6. The molecule has 0 radical (unpaired) electrons. The maximum Gasteiger partial charge on any atom is 0.0731 e. The molecule has 0 unspecified atom stereocenters. The largest absolute Gasteiger partial charge is 0.308 e. The Balaban J connectivity index is 0.00000180. The molecule has 0 saturated carbocycles. The molecule has 0 amide bonds. The fourth-order valence-corrected chi connectivity index (χ4v) is 5.59. The van der Waals surface area contributed by atoms with Crippen LogP contribution in [0.5, 0.6) is 0 Å². The van der Waals surface area contributed by atoms with Crippen LogP contribution in [0.15, 0.2) is 152 Å². The minimum absolute atomic E-state index is 1.11. The number of aryl methyl sites for hydroxylation is 3. The van der Waals surface area contributed by atoms with Crippen molar-refractivity contribution in [1.82, 2.24) is 0 Å². The van der Waals surface area contributed by atoms with E-state index in [9.17, 15) is 0 Å². The first-order valence-corrected chi connectivity index (χ1v) is 15.1. The summed E-state index contributed by atoms with van der Waals surface area (Å²) < 4.78 is 0. The first-order valence-electron chi connectivity index (χ1n) is 15.1. The molecule has 6 aromatic carbocycles. The van der Waals surface area contributed by atoms with Gasteiger partial charge in [0.15, 0.2) is 0 Å². The maximum absolute atomic E-state index is 2.39. The minimum Gasteiger partial charge on any atom is -0.308 e. The van der Waals surface area contributed by atoms with Gasteiger partial charge in [0.2, 0.25) is 0 Å². The molecule has 0 aromatic heterocycles. The number of hydrogen-bond acceptors (Lipinski definition) is 2. The normalized spacial score (nSPS) is 10.4. The van der Waals surface area contributed by atoms with E-state index in [0.29, 0.717) is 0 Å². The molecule has 2 nitrogen and oxygen atoms in total. The van der Waals surface area contributed by atoms with Crippen LogP contribution in [0.4, 0.5) is 34.1 Å². The number of anilines is 6. The summed E-state index contributed by atoms with van der Waals surface area (Å²) in [6.07, 6.45) is 0. The number of para-hydroxylation sites is 4. The highest BCUT2D eigenvalue weighted by Crippen LogP contribution is 2.47. The lowest BCUT2D eigenvalue weighted by molar-refractivity contribution is 1.20. The van der Waals surface area contributed by atoms with Crippen LogP contribution in [0.1, 0.15) is 30.5 Å². The van der Waals surface area contributed by atoms with Gasteiger partial charge in [-0.05, 0) is 103 Å². The molecule has 0 N–H and O–H groups in total. The van der Waals surface area contributed by atoms with Crippen molar-refractivity contribution in [3.8, 4) is 11.1 Å². The van der Waals surface area contributed by atoms with Gasteiger partial charge in [0, 0.05) is 22.7 Å². The third-order valence-electron chi connectivity index (χ3n) is 7.64. The van der Waals surface area contributed by atoms with Crippen molar-refractivity contribution in [3.05, 3.63) is 168 Å². The first kappa shape index (κ1) is 29.4. The second-order valence-corrected chi connectivity index (χ2v) is 10.4. The molecule has 0 spiro atoms. The molecule has 0 fully saturated rings. The van der Waals surface area contributed by atoms with E-state index < -0.39 is 0 Å². The van der Waals surface area contributed by atoms with Gasteiger partial charge in [-0.15, -0.1) is 0 Å². The molecule has 6 aromatic rings. The summed E-state index contributed by atoms with van der Waals surface area (Å²) in [7, 11) is 0. The van der Waals surface area contributed by atoms with Crippen LogP contribution in [0.3, 0.4) is 0 Å². The lowest BCUT2D eigenvalue weighted by atomic mass is 9.95. The molecule has 6 rings (SSSR count). The lowest BCUT2D eigenvalue weighted by Gasteiger charge is -2.34. The zero-order valence-corrected chi connectivity index (χ0v) is 25.8. The zero-order valence-electron chi connectivity index (χ0n) is 25.8. The molecule has 43 heavy (non-hydrogen) atoms. The van der Waals surface area contributed by atoms with Gasteiger partial charge < -0.3 is 9.80 Å². The Bertz CT molecular complexity index is 1720. The SMILES string of the molecule is CC.Cc1ccccc1-c1cc(N(c2ccccc2)c2cccc(C)c2N(c2ccccc2)c2ccccc2)ccc1C. The topological polar surface area (TPSA) is 6.48 Å². The molecule has 0 saturated heterocycles. The Morgan fingerprint density at radius 1 is 0.349 bits per heavy atom. The average molecular weight is 561 g/mol. The molecule has 0 aliphatic heterocycles. The Kier molecular flexibility index (Phi) is 9.39. The number of rotatable bonds is 7. The van der Waals surface area contributed by atoms with Crippen molar-refractivity contribution < 1.29 is 0 Å². The van der Waals surface area contributed by atoms with Gasteiger partial charge in [-0.25, -0.2) is 0 Å². The number of hydrogen-bond donors (Lipinski definition) is 0. The highest BCUT2D eigenvalue weighted by Gasteiger charge is 2.24. The zero-order chi connectivity index (χ0) is 30.2. The molecular weight excluding hydrogens is 520 g/mol. The van der Waals surface area contributed by atoms with Crippen molar-refractivity contribution in [1.29, 1.82) is 0 Å². The van der Waals surface area contributed by atoms with Crippen LogP contribution in [0, 0.1) is 20.8 Å². The van der Waals surface area contributed by atoms with E-state index in [0.717, 1.165) is 34.1 Å². The van der Waals surface area contributed by atoms with Crippen LogP contribution in [0.2, 0.25) is 0 Å². The van der Waals surface area contributed by atoms with E-state index >= 15 is 0 Å². The molecule has 2 heteroatoms. The van der Waals surface area contributed by atoms with Crippen molar-refractivity contribution >= 4 is 34.1 Å². The van der Waals surface area contributed by atoms with Crippen LogP contribution >= 0.6 is 0 Å². The van der Waals surface area contributed by atoms with E-state index in [1.807, 2.05) is 13.8 Å². The fourth-order valence-electron chi connectivity index (χ4n) is 5.59. The molecular formula is C41H40N2. The van der Waals surface area contributed by atoms with Crippen LogP contribution in [-0.2, 0) is 0 Å². The summed E-state index contributed by atoms with van der Waals surface area (Å²) in [6, 6.07) is 54.0. The Morgan fingerprint density at radius 3 is 1.37 bits per heavy atom. The van der Waals surface area contributed by atoms with Crippen molar-refractivity contribution in [2.24, 2.45) is 0 Å². The average Bonchev–Trinajstić information content (AvgIpc) is 3.06. The molecule has 0 aliphatic rings. The summed E-state index contributed by atoms with van der Waals surface area (Å²) in [6.45, 7) is 10.6. The van der Waals surface area contributed by atoms with Gasteiger partial charge >= 0.3 is 0 Å². The van der Waals surface area contributed by atoms with Gasteiger partial charge in [-0.1, -0.05) is 111 Å². The Morgan fingerprint density at radius 2 is 0.814 bits per heavy atom. The van der Waals surface area contributed by atoms with Crippen LogP contribution in [-0.4, -0.2) is 0 Å². The van der Waals surface area contributed by atoms with Gasteiger partial charge in [0.1, 0.15) is 0 Å². The first-order chi connectivity index (χ1) is 21.1. The quantitative estimate of drug-likeness (QED) is 0.192. The smallest absolute Gasteiger partial charge is 0.0731 e. The van der Waals surface area contributed by atoms with Gasteiger partial charge in [-0.2, -0.15) is 0 Å². The van der Waals surface area contributed by atoms with Crippen LogP contribution < -0.4 is 9.80 Å². The lowest BCUT2D eigenvalue weighted by Crippen LogP contribution is -2.18. The van der Waals surface area contributed by atoms with E-state index in [1.165, 1.54) is 27.8 Å². The highest BCUT2D eigenvalue weighted by molar-refractivity contribution is 5.93. The standard InChI is InChI=1S/C39H34N2.C2H6/c1-29-16-13-14-24-36(29)37-28-35(27-26-30(37)2)40(32-18-7-4-8-19-32)38-25-15-17-31(3)39(38)41(33-20-9-5-10-21-33)34-22-11-6-12-23-34;1-2/h4-28H,1-3H3;1-2H3. The van der Waals surface area contributed by atoms with Crippen molar-refractivity contribution in [2.45, 2.75) is 34.6 Å². The van der Waals surface area contributed by atoms with Crippen molar-refractivity contribution in [3.63, 3.8) is 0 Å². The molecule has 0 heterocycles. The van der Waals surface area contributed by atoms with E-state index in [4.69, 9.17) is 0 Å². The van der Waals surface area contributed by atoms with Gasteiger partial charge in [0.05, 0.1) is 11.4 Å². The summed E-state index contributed by atoms with van der Waals surface area (Å²) in [4.78, 5) is 4.76. The summed E-state index contributed by atoms with van der Waals surface area (Å²) in [5.74, 6) is 0. The third-order valence-corrected chi connectivity index (χ3v) is 7.64. The van der Waals surface area contributed by atoms with Crippen LogP contribution in [0.25, 0.3) is 11.1 Å². The van der Waals surface area contributed by atoms with Gasteiger partial charge in [-0.3, -0.25) is 0 Å². The summed E-state index contributed by atoms with van der Waals surface area (Å²) in [5, 5.41) is 0. The third kappa shape index (κ3) is 6.24.